The molecule has 0 atom stereocenters. The Bertz CT molecular complexity index is 184. The van der Waals surface area contributed by atoms with E-state index < -0.39 is 0 Å². The predicted octanol–water partition coefficient (Wildman–Crippen LogP) is 0.0937. The smallest absolute Gasteiger partial charge is 0.144 e. The third-order valence-electron chi connectivity index (χ3n) is 1.47. The molecule has 1 N–H and O–H groups in total. The first-order valence-corrected chi connectivity index (χ1v) is 3.09. The quantitative estimate of drug-likeness (QED) is 0.533. The first-order chi connectivity index (χ1) is 4.47. The third-order valence-corrected chi connectivity index (χ3v) is 1.47. The van der Waals surface area contributed by atoms with Crippen molar-refractivity contribution in [2.75, 3.05) is 11.9 Å². The molecule has 2 heterocycles. The minimum absolute atomic E-state index is 1.00. The number of hydrogen-bond donors (Lipinski definition) is 1. The summed E-state index contributed by atoms with van der Waals surface area (Å²) in [6.07, 6.45) is 2.90. The highest BCUT2D eigenvalue weighted by Gasteiger charge is 2.06. The van der Waals surface area contributed by atoms with E-state index in [4.69, 9.17) is 0 Å². The zero-order valence-electron chi connectivity index (χ0n) is 5.04. The lowest BCUT2D eigenvalue weighted by Gasteiger charge is -2.12. The van der Waals surface area contributed by atoms with Crippen LogP contribution in [0.1, 0.15) is 6.42 Å². The number of rotatable bonds is 0. The molecule has 1 aliphatic heterocycles. The largest absolute Gasteiger partial charge is 0.369 e. The number of aryl methyl sites for hydroxylation is 1. The van der Waals surface area contributed by atoms with E-state index in [1.54, 1.807) is 6.20 Å². The molecule has 0 bridgehead atoms. The van der Waals surface area contributed by atoms with E-state index in [2.05, 4.69) is 15.6 Å². The number of nitrogens with one attached hydrogen (secondary N) is 1. The van der Waals surface area contributed by atoms with Crippen molar-refractivity contribution in [3.05, 3.63) is 6.20 Å². The maximum absolute atomic E-state index is 3.86. The number of nitrogens with zero attached hydrogens (tertiary/aromatic N) is 3. The van der Waals surface area contributed by atoms with Crippen molar-refractivity contribution in [2.24, 2.45) is 0 Å². The average molecular weight is 124 g/mol. The van der Waals surface area contributed by atoms with Crippen LogP contribution >= 0.6 is 0 Å². The van der Waals surface area contributed by atoms with Gasteiger partial charge < -0.3 is 5.32 Å². The highest BCUT2D eigenvalue weighted by atomic mass is 15.5. The Morgan fingerprint density at radius 1 is 1.67 bits per heavy atom. The second-order valence-electron chi connectivity index (χ2n) is 2.12. The van der Waals surface area contributed by atoms with E-state index in [-0.39, 0.29) is 0 Å². The van der Waals surface area contributed by atoms with Crippen LogP contribution in [0.5, 0.6) is 0 Å². The fourth-order valence-electron chi connectivity index (χ4n) is 1.01. The zero-order chi connectivity index (χ0) is 6.10. The van der Waals surface area contributed by atoms with Gasteiger partial charge in [0, 0.05) is 13.1 Å². The predicted molar refractivity (Wildman–Crippen MR) is 33.1 cm³/mol. The highest BCUT2D eigenvalue weighted by Crippen LogP contribution is 2.08. The number of hydrogen-bond acceptors (Lipinski definition) is 3. The van der Waals surface area contributed by atoms with Gasteiger partial charge in [-0.15, -0.1) is 5.10 Å². The second-order valence-corrected chi connectivity index (χ2v) is 2.12. The molecule has 0 spiro atoms. The standard InChI is InChI=1S/C5H8N4/c1-2-6-5-4-7-8-9(5)3-1/h4,6H,1-3H2. The van der Waals surface area contributed by atoms with Crippen LogP contribution in [0.2, 0.25) is 0 Å². The Kier molecular flexibility index (Phi) is 0.913. The van der Waals surface area contributed by atoms with Gasteiger partial charge in [0.2, 0.25) is 0 Å². The maximum atomic E-state index is 3.86. The van der Waals surface area contributed by atoms with Crippen LogP contribution in [0.3, 0.4) is 0 Å². The van der Waals surface area contributed by atoms with Crippen LogP contribution in [0.25, 0.3) is 0 Å². The summed E-state index contributed by atoms with van der Waals surface area (Å²) in [7, 11) is 0. The molecule has 2 rings (SSSR count). The molecule has 0 saturated heterocycles. The molecular weight excluding hydrogens is 116 g/mol. The van der Waals surface area contributed by atoms with E-state index in [0.717, 1.165) is 25.3 Å². The lowest BCUT2D eigenvalue weighted by molar-refractivity contribution is 0.549. The normalized spacial score (nSPS) is 16.4. The van der Waals surface area contributed by atoms with E-state index in [1.165, 1.54) is 0 Å². The molecule has 9 heavy (non-hydrogen) atoms. The summed E-state index contributed by atoms with van der Waals surface area (Å²) in [5.41, 5.74) is 0. The monoisotopic (exact) mass is 124 g/mol. The Hall–Kier alpha value is -1.06. The van der Waals surface area contributed by atoms with Gasteiger partial charge >= 0.3 is 0 Å². The Labute approximate surface area is 52.9 Å². The van der Waals surface area contributed by atoms with Crippen molar-refractivity contribution < 1.29 is 0 Å². The maximum Gasteiger partial charge on any atom is 0.144 e. The summed E-state index contributed by atoms with van der Waals surface area (Å²) in [5, 5.41) is 10.8. The summed E-state index contributed by atoms with van der Waals surface area (Å²) in [5.74, 6) is 1.04. The first kappa shape index (κ1) is 4.78. The number of anilines is 1. The molecule has 0 radical (unpaired) electrons. The van der Waals surface area contributed by atoms with Crippen molar-refractivity contribution in [3.63, 3.8) is 0 Å². The van der Waals surface area contributed by atoms with E-state index in [1.807, 2.05) is 4.68 Å². The number of aromatic nitrogens is 3. The molecule has 0 amide bonds. The third kappa shape index (κ3) is 0.667. The molecule has 0 saturated carbocycles. The molecule has 1 aliphatic rings. The van der Waals surface area contributed by atoms with Crippen LogP contribution in [-0.4, -0.2) is 21.5 Å². The van der Waals surface area contributed by atoms with Gasteiger partial charge in [-0.1, -0.05) is 5.21 Å². The summed E-state index contributed by atoms with van der Waals surface area (Å²) in [4.78, 5) is 0. The molecule has 1 aromatic heterocycles. The summed E-state index contributed by atoms with van der Waals surface area (Å²) >= 11 is 0. The van der Waals surface area contributed by atoms with Crippen LogP contribution in [0.15, 0.2) is 6.20 Å². The Morgan fingerprint density at radius 2 is 2.67 bits per heavy atom. The van der Waals surface area contributed by atoms with Crippen LogP contribution in [0, 0.1) is 0 Å². The molecule has 0 fully saturated rings. The van der Waals surface area contributed by atoms with E-state index in [9.17, 15) is 0 Å². The van der Waals surface area contributed by atoms with E-state index >= 15 is 0 Å². The Balaban J connectivity index is 2.39. The van der Waals surface area contributed by atoms with Crippen molar-refractivity contribution in [1.82, 2.24) is 15.0 Å². The van der Waals surface area contributed by atoms with Crippen molar-refractivity contribution in [1.29, 1.82) is 0 Å². The average Bonchev–Trinajstić information content (AvgIpc) is 2.33. The summed E-state index contributed by atoms with van der Waals surface area (Å²) < 4.78 is 1.88. The van der Waals surface area contributed by atoms with Gasteiger partial charge in [-0.3, -0.25) is 0 Å². The Morgan fingerprint density at radius 3 is 3.56 bits per heavy atom. The van der Waals surface area contributed by atoms with E-state index in [0.29, 0.717) is 0 Å². The van der Waals surface area contributed by atoms with Gasteiger partial charge in [-0.05, 0) is 6.42 Å². The fourth-order valence-corrected chi connectivity index (χ4v) is 1.01. The van der Waals surface area contributed by atoms with Crippen molar-refractivity contribution in [2.45, 2.75) is 13.0 Å². The minimum Gasteiger partial charge on any atom is -0.369 e. The summed E-state index contributed by atoms with van der Waals surface area (Å²) in [6, 6.07) is 0. The van der Waals surface area contributed by atoms with Gasteiger partial charge in [0.15, 0.2) is 0 Å². The van der Waals surface area contributed by atoms with Crippen LogP contribution < -0.4 is 5.32 Å². The lowest BCUT2D eigenvalue weighted by atomic mass is 10.4. The first-order valence-electron chi connectivity index (χ1n) is 3.09. The summed E-state index contributed by atoms with van der Waals surface area (Å²) in [6.45, 7) is 2.05. The molecular formula is C5H8N4. The van der Waals surface area contributed by atoms with Crippen LogP contribution in [0.4, 0.5) is 5.82 Å². The highest BCUT2D eigenvalue weighted by molar-refractivity contribution is 5.31. The van der Waals surface area contributed by atoms with Crippen molar-refractivity contribution >= 4 is 5.82 Å². The second kappa shape index (κ2) is 1.72. The van der Waals surface area contributed by atoms with Gasteiger partial charge in [0.1, 0.15) is 5.82 Å². The molecule has 48 valence electrons. The molecule has 1 aromatic rings. The molecule has 4 heteroatoms. The van der Waals surface area contributed by atoms with Gasteiger partial charge in [0.25, 0.3) is 0 Å². The lowest BCUT2D eigenvalue weighted by Crippen LogP contribution is -2.17. The molecule has 0 aromatic carbocycles. The van der Waals surface area contributed by atoms with Gasteiger partial charge in [-0.2, -0.15) is 0 Å². The molecule has 0 aliphatic carbocycles. The van der Waals surface area contributed by atoms with Crippen LogP contribution in [-0.2, 0) is 6.54 Å². The van der Waals surface area contributed by atoms with Crippen molar-refractivity contribution in [3.8, 4) is 0 Å². The minimum atomic E-state index is 1.00. The van der Waals surface area contributed by atoms with Gasteiger partial charge in [0.05, 0.1) is 6.20 Å². The SMILES string of the molecule is c1nnn2c1NCCC2. The fraction of sp³-hybridized carbons (Fsp3) is 0.600. The topological polar surface area (TPSA) is 42.7 Å². The number of fused-ring (bicyclic) bond motifs is 1. The zero-order valence-corrected chi connectivity index (χ0v) is 5.04. The molecule has 0 unspecified atom stereocenters. The molecule has 4 nitrogen and oxygen atoms in total. The van der Waals surface area contributed by atoms with Gasteiger partial charge in [-0.25, -0.2) is 4.68 Å².